The molecule has 0 radical (unpaired) electrons. The minimum atomic E-state index is -0.250. The lowest BCUT2D eigenvalue weighted by Gasteiger charge is -1.88. The summed E-state index contributed by atoms with van der Waals surface area (Å²) in [5.41, 5.74) is 0. The van der Waals surface area contributed by atoms with Gasteiger partial charge in [-0.2, -0.15) is 4.73 Å². The Morgan fingerprint density at radius 3 is 1.90 bits per heavy atom. The molecule has 0 aliphatic rings. The van der Waals surface area contributed by atoms with Crippen LogP contribution in [0.3, 0.4) is 0 Å². The van der Waals surface area contributed by atoms with Crippen molar-refractivity contribution in [1.29, 1.82) is 0 Å². The molecular formula is C6H7NO3. The van der Waals surface area contributed by atoms with E-state index in [9.17, 15) is 5.21 Å². The molecule has 0 saturated heterocycles. The van der Waals surface area contributed by atoms with Crippen molar-refractivity contribution in [3.8, 4) is 0 Å². The molecule has 54 valence electrons. The van der Waals surface area contributed by atoms with E-state index in [2.05, 4.69) is 0 Å². The van der Waals surface area contributed by atoms with Crippen LogP contribution in [0.25, 0.3) is 0 Å². The van der Waals surface area contributed by atoms with E-state index in [4.69, 9.17) is 9.90 Å². The number of carboxylic acid groups (broad SMARTS) is 1. The fourth-order valence-electron chi connectivity index (χ4n) is 0.383. The predicted molar refractivity (Wildman–Crippen MR) is 34.1 cm³/mol. The Kier molecular flexibility index (Phi) is 4.68. The smallest absolute Gasteiger partial charge is 0.290 e. The summed E-state index contributed by atoms with van der Waals surface area (Å²) in [4.78, 5) is 8.36. The molecule has 0 aromatic carbocycles. The molecule has 1 N–H and O–H groups in total. The van der Waals surface area contributed by atoms with Gasteiger partial charge in [-0.15, -0.1) is 0 Å². The third-order valence-corrected chi connectivity index (χ3v) is 0.688. The number of carbonyl (C=O) groups is 1. The molecule has 4 heteroatoms. The molecule has 0 amide bonds. The van der Waals surface area contributed by atoms with Gasteiger partial charge in [0.25, 0.3) is 6.47 Å². The fourth-order valence-corrected chi connectivity index (χ4v) is 0.383. The van der Waals surface area contributed by atoms with Crippen LogP contribution in [0, 0.1) is 5.21 Å². The van der Waals surface area contributed by atoms with Crippen LogP contribution < -0.4 is 4.73 Å². The number of nitrogens with zero attached hydrogens (tertiary/aromatic N) is 1. The van der Waals surface area contributed by atoms with Gasteiger partial charge in [0.2, 0.25) is 0 Å². The molecule has 0 spiro atoms. The second kappa shape index (κ2) is 5.55. The van der Waals surface area contributed by atoms with Crippen molar-refractivity contribution in [2.24, 2.45) is 0 Å². The van der Waals surface area contributed by atoms with Gasteiger partial charge in [0.15, 0.2) is 12.4 Å². The van der Waals surface area contributed by atoms with Crippen molar-refractivity contribution >= 4 is 6.47 Å². The minimum Gasteiger partial charge on any atom is -0.619 e. The number of hydrogen-bond donors (Lipinski definition) is 1. The van der Waals surface area contributed by atoms with E-state index in [-0.39, 0.29) is 6.47 Å². The summed E-state index contributed by atoms with van der Waals surface area (Å²) in [5.74, 6) is 0. The first-order valence-electron chi connectivity index (χ1n) is 2.53. The monoisotopic (exact) mass is 141 g/mol. The maximum Gasteiger partial charge on any atom is 0.290 e. The standard InChI is InChI=1S/C5H5NO.CH2O2/c7-6-4-2-1-3-5-6;2-1-3/h1-5H;1H,(H,2,3). The van der Waals surface area contributed by atoms with Gasteiger partial charge in [-0.1, -0.05) is 6.07 Å². The summed E-state index contributed by atoms with van der Waals surface area (Å²) < 4.78 is 0.750. The molecule has 4 nitrogen and oxygen atoms in total. The first-order valence-corrected chi connectivity index (χ1v) is 2.53. The highest BCUT2D eigenvalue weighted by atomic mass is 16.5. The quantitative estimate of drug-likeness (QED) is 0.314. The summed E-state index contributed by atoms with van der Waals surface area (Å²) in [6.45, 7) is -0.250. The zero-order valence-electron chi connectivity index (χ0n) is 5.18. The molecule has 0 fully saturated rings. The molecule has 0 atom stereocenters. The Balaban J connectivity index is 0.000000236. The van der Waals surface area contributed by atoms with Crippen molar-refractivity contribution in [1.82, 2.24) is 0 Å². The average Bonchev–Trinajstić information content (AvgIpc) is 1.91. The fraction of sp³-hybridized carbons (Fsp3) is 0. The Morgan fingerprint density at radius 1 is 1.30 bits per heavy atom. The van der Waals surface area contributed by atoms with Gasteiger partial charge in [0.1, 0.15) is 0 Å². The molecule has 1 aromatic rings. The van der Waals surface area contributed by atoms with Gasteiger partial charge in [-0.05, 0) is 0 Å². The van der Waals surface area contributed by atoms with Crippen molar-refractivity contribution in [3.05, 3.63) is 35.8 Å². The third-order valence-electron chi connectivity index (χ3n) is 0.688. The lowest BCUT2D eigenvalue weighted by Crippen LogP contribution is -2.22. The van der Waals surface area contributed by atoms with E-state index < -0.39 is 0 Å². The number of pyridine rings is 1. The molecule has 0 unspecified atom stereocenters. The summed E-state index contributed by atoms with van der Waals surface area (Å²) >= 11 is 0. The molecule has 1 heterocycles. The highest BCUT2D eigenvalue weighted by molar-refractivity contribution is 5.32. The van der Waals surface area contributed by atoms with Crippen LogP contribution >= 0.6 is 0 Å². The number of rotatable bonds is 0. The van der Waals surface area contributed by atoms with Gasteiger partial charge < -0.3 is 10.3 Å². The average molecular weight is 141 g/mol. The molecule has 1 rings (SSSR count). The second-order valence-electron chi connectivity index (χ2n) is 1.34. The second-order valence-corrected chi connectivity index (χ2v) is 1.34. The zero-order chi connectivity index (χ0) is 7.82. The van der Waals surface area contributed by atoms with Crippen LogP contribution in [0.4, 0.5) is 0 Å². The molecule has 1 aromatic heterocycles. The summed E-state index contributed by atoms with van der Waals surface area (Å²) in [6, 6.07) is 5.18. The molecule has 0 bridgehead atoms. The summed E-state index contributed by atoms with van der Waals surface area (Å²) in [5, 5.41) is 17.1. The van der Waals surface area contributed by atoms with Gasteiger partial charge in [0, 0.05) is 12.1 Å². The van der Waals surface area contributed by atoms with Gasteiger partial charge in [-0.3, -0.25) is 4.79 Å². The van der Waals surface area contributed by atoms with Gasteiger partial charge >= 0.3 is 0 Å². The van der Waals surface area contributed by atoms with E-state index in [0.717, 1.165) is 4.73 Å². The molecular weight excluding hydrogens is 134 g/mol. The van der Waals surface area contributed by atoms with Crippen LogP contribution in [0.15, 0.2) is 30.6 Å². The maximum absolute atomic E-state index is 10.2. The topological polar surface area (TPSA) is 64.2 Å². The molecule has 10 heavy (non-hydrogen) atoms. The molecule has 0 saturated carbocycles. The van der Waals surface area contributed by atoms with Gasteiger partial charge in [0.05, 0.1) is 0 Å². The third kappa shape index (κ3) is 4.58. The number of aromatic nitrogens is 1. The van der Waals surface area contributed by atoms with Crippen molar-refractivity contribution in [2.75, 3.05) is 0 Å². The van der Waals surface area contributed by atoms with Crippen LogP contribution in [-0.4, -0.2) is 11.6 Å². The minimum absolute atomic E-state index is 0.250. The Morgan fingerprint density at radius 2 is 1.70 bits per heavy atom. The van der Waals surface area contributed by atoms with Gasteiger partial charge in [-0.25, -0.2) is 0 Å². The molecule has 0 aliphatic carbocycles. The SMILES string of the molecule is O=CO.[O-][n+]1ccccc1. The van der Waals surface area contributed by atoms with E-state index >= 15 is 0 Å². The van der Waals surface area contributed by atoms with Crippen LogP contribution in [-0.2, 0) is 4.79 Å². The van der Waals surface area contributed by atoms with E-state index in [1.807, 2.05) is 0 Å². The van der Waals surface area contributed by atoms with E-state index in [1.165, 1.54) is 12.4 Å². The zero-order valence-corrected chi connectivity index (χ0v) is 5.18. The Hall–Kier alpha value is -1.58. The summed E-state index contributed by atoms with van der Waals surface area (Å²) in [7, 11) is 0. The molecule has 0 aliphatic heterocycles. The van der Waals surface area contributed by atoms with Crippen molar-refractivity contribution in [2.45, 2.75) is 0 Å². The Labute approximate surface area is 57.9 Å². The van der Waals surface area contributed by atoms with E-state index in [0.29, 0.717) is 0 Å². The van der Waals surface area contributed by atoms with Crippen LogP contribution in [0.5, 0.6) is 0 Å². The predicted octanol–water partition coefficient (Wildman–Crippen LogP) is 0.0208. The highest BCUT2D eigenvalue weighted by Crippen LogP contribution is 1.72. The number of hydrogen-bond acceptors (Lipinski definition) is 2. The Bertz CT molecular complexity index is 176. The normalized spacial score (nSPS) is 7.20. The maximum atomic E-state index is 10.2. The first kappa shape index (κ1) is 8.42. The van der Waals surface area contributed by atoms with Crippen molar-refractivity contribution < 1.29 is 14.6 Å². The lowest BCUT2D eigenvalue weighted by molar-refractivity contribution is -0.605. The highest BCUT2D eigenvalue weighted by Gasteiger charge is 1.74. The first-order chi connectivity index (χ1) is 4.81. The lowest BCUT2D eigenvalue weighted by atomic mass is 10.5. The van der Waals surface area contributed by atoms with Crippen LogP contribution in [0.2, 0.25) is 0 Å². The van der Waals surface area contributed by atoms with Crippen LogP contribution in [0.1, 0.15) is 0 Å². The summed E-state index contributed by atoms with van der Waals surface area (Å²) in [6.07, 6.45) is 2.89. The largest absolute Gasteiger partial charge is 0.619 e. The van der Waals surface area contributed by atoms with Crippen molar-refractivity contribution in [3.63, 3.8) is 0 Å². The van der Waals surface area contributed by atoms with E-state index in [1.54, 1.807) is 18.2 Å².